The molecule has 3 aromatic rings. The van der Waals surface area contributed by atoms with Gasteiger partial charge in [0.25, 0.3) is 0 Å². The minimum Gasteiger partial charge on any atom is -0.331 e. The Morgan fingerprint density at radius 1 is 1.08 bits per heavy atom. The number of nitrogens with zero attached hydrogens (tertiary/aromatic N) is 2. The van der Waals surface area contributed by atoms with Crippen molar-refractivity contribution < 1.29 is 8.42 Å². The molecular formula is C20H23N3O2S. The van der Waals surface area contributed by atoms with Crippen LogP contribution in [0.2, 0.25) is 0 Å². The molecule has 26 heavy (non-hydrogen) atoms. The monoisotopic (exact) mass is 369 g/mol. The van der Waals surface area contributed by atoms with Crippen LogP contribution in [0.3, 0.4) is 0 Å². The van der Waals surface area contributed by atoms with Gasteiger partial charge in [-0.15, -0.1) is 0 Å². The Bertz CT molecular complexity index is 950. The summed E-state index contributed by atoms with van der Waals surface area (Å²) in [5, 5.41) is 0. The van der Waals surface area contributed by atoms with Crippen LogP contribution in [0.25, 0.3) is 11.4 Å². The van der Waals surface area contributed by atoms with E-state index >= 15 is 0 Å². The smallest absolute Gasteiger partial charge is 0.215 e. The highest BCUT2D eigenvalue weighted by atomic mass is 32.2. The molecule has 0 atom stereocenters. The van der Waals surface area contributed by atoms with Crippen molar-refractivity contribution in [3.63, 3.8) is 0 Å². The van der Waals surface area contributed by atoms with E-state index in [1.54, 1.807) is 6.20 Å². The average Bonchev–Trinajstić information content (AvgIpc) is 3.08. The first kappa shape index (κ1) is 18.4. The van der Waals surface area contributed by atoms with Crippen molar-refractivity contribution in [3.05, 3.63) is 78.1 Å². The molecule has 0 aliphatic heterocycles. The number of aryl methyl sites for hydroxylation is 2. The summed E-state index contributed by atoms with van der Waals surface area (Å²) in [4.78, 5) is 4.40. The fourth-order valence-electron chi connectivity index (χ4n) is 2.89. The molecule has 0 saturated carbocycles. The van der Waals surface area contributed by atoms with Crippen molar-refractivity contribution in [2.24, 2.45) is 0 Å². The van der Waals surface area contributed by atoms with E-state index < -0.39 is 10.0 Å². The number of imidazole rings is 1. The molecule has 5 nitrogen and oxygen atoms in total. The van der Waals surface area contributed by atoms with Gasteiger partial charge in [-0.2, -0.15) is 0 Å². The van der Waals surface area contributed by atoms with Gasteiger partial charge < -0.3 is 4.57 Å². The standard InChI is InChI=1S/C20H23N3O2S/c1-17-7-5-8-18(15-17)16-26(24,25)22-11-6-13-23-14-12-21-20(23)19-9-3-2-4-10-19/h2-5,7-10,12,14-15,22H,6,11,13,16H2,1H3. The van der Waals surface area contributed by atoms with E-state index in [-0.39, 0.29) is 5.75 Å². The quantitative estimate of drug-likeness (QED) is 0.619. The van der Waals surface area contributed by atoms with Crippen LogP contribution < -0.4 is 4.72 Å². The zero-order valence-electron chi connectivity index (χ0n) is 14.8. The third kappa shape index (κ3) is 5.03. The minimum absolute atomic E-state index is 0.00895. The molecule has 1 heterocycles. The van der Waals surface area contributed by atoms with Crippen molar-refractivity contribution in [1.29, 1.82) is 0 Å². The maximum Gasteiger partial charge on any atom is 0.215 e. The topological polar surface area (TPSA) is 64.0 Å². The van der Waals surface area contributed by atoms with Gasteiger partial charge in [0.1, 0.15) is 5.82 Å². The minimum atomic E-state index is -3.33. The largest absolute Gasteiger partial charge is 0.331 e. The molecule has 0 aliphatic rings. The highest BCUT2D eigenvalue weighted by Crippen LogP contribution is 2.17. The third-order valence-electron chi connectivity index (χ3n) is 4.08. The van der Waals surface area contributed by atoms with Gasteiger partial charge in [0.15, 0.2) is 0 Å². The van der Waals surface area contributed by atoms with Gasteiger partial charge in [-0.3, -0.25) is 0 Å². The second kappa shape index (κ2) is 8.29. The maximum absolute atomic E-state index is 12.2. The molecule has 2 aromatic carbocycles. The van der Waals surface area contributed by atoms with Crippen LogP contribution in [0.5, 0.6) is 0 Å². The van der Waals surface area contributed by atoms with Gasteiger partial charge in [-0.25, -0.2) is 18.1 Å². The molecule has 6 heteroatoms. The number of nitrogens with one attached hydrogen (secondary N) is 1. The summed E-state index contributed by atoms with van der Waals surface area (Å²) in [6.45, 7) is 3.07. The van der Waals surface area contributed by atoms with E-state index in [0.29, 0.717) is 19.5 Å². The summed E-state index contributed by atoms with van der Waals surface area (Å²) in [7, 11) is -3.33. The van der Waals surface area contributed by atoms with Crippen molar-refractivity contribution >= 4 is 10.0 Å². The summed E-state index contributed by atoms with van der Waals surface area (Å²) in [6, 6.07) is 17.5. The Balaban J connectivity index is 1.52. The normalized spacial score (nSPS) is 11.6. The predicted molar refractivity (Wildman–Crippen MR) is 104 cm³/mol. The number of hydrogen-bond donors (Lipinski definition) is 1. The molecule has 0 aliphatic carbocycles. The molecule has 0 spiro atoms. The van der Waals surface area contributed by atoms with Crippen molar-refractivity contribution in [2.45, 2.75) is 25.6 Å². The summed E-state index contributed by atoms with van der Waals surface area (Å²) in [5.41, 5.74) is 2.92. The first-order valence-corrected chi connectivity index (χ1v) is 10.3. The SMILES string of the molecule is Cc1cccc(CS(=O)(=O)NCCCn2ccnc2-c2ccccc2)c1. The fraction of sp³-hybridized carbons (Fsp3) is 0.250. The number of rotatable bonds is 8. The molecule has 136 valence electrons. The van der Waals surface area contributed by atoms with Crippen LogP contribution in [0, 0.1) is 6.92 Å². The Labute approximate surface area is 154 Å². The van der Waals surface area contributed by atoms with E-state index in [1.165, 1.54) is 0 Å². The number of sulfonamides is 1. The molecule has 0 saturated heterocycles. The van der Waals surface area contributed by atoms with Crippen molar-refractivity contribution in [1.82, 2.24) is 14.3 Å². The van der Waals surface area contributed by atoms with E-state index in [4.69, 9.17) is 0 Å². The highest BCUT2D eigenvalue weighted by Gasteiger charge is 2.11. The Morgan fingerprint density at radius 3 is 2.65 bits per heavy atom. The van der Waals surface area contributed by atoms with E-state index in [9.17, 15) is 8.42 Å². The number of benzene rings is 2. The molecule has 0 fully saturated rings. The number of hydrogen-bond acceptors (Lipinski definition) is 3. The lowest BCUT2D eigenvalue weighted by Crippen LogP contribution is -2.27. The molecular weight excluding hydrogens is 346 g/mol. The van der Waals surface area contributed by atoms with Crippen LogP contribution in [0.15, 0.2) is 67.0 Å². The second-order valence-corrected chi connectivity index (χ2v) is 8.11. The van der Waals surface area contributed by atoms with Crippen molar-refractivity contribution in [2.75, 3.05) is 6.54 Å². The molecule has 0 amide bonds. The molecule has 0 bridgehead atoms. The van der Waals surface area contributed by atoms with Gasteiger partial charge in [-0.1, -0.05) is 60.2 Å². The van der Waals surface area contributed by atoms with Gasteiger partial charge in [0.2, 0.25) is 10.0 Å². The second-order valence-electron chi connectivity index (χ2n) is 6.31. The first-order valence-electron chi connectivity index (χ1n) is 8.63. The third-order valence-corrected chi connectivity index (χ3v) is 5.44. The Kier molecular flexibility index (Phi) is 5.85. The van der Waals surface area contributed by atoms with Gasteiger partial charge >= 0.3 is 0 Å². The lowest BCUT2D eigenvalue weighted by Gasteiger charge is -2.10. The Morgan fingerprint density at radius 2 is 1.88 bits per heavy atom. The highest BCUT2D eigenvalue weighted by molar-refractivity contribution is 7.88. The van der Waals surface area contributed by atoms with Crippen LogP contribution in [-0.2, 0) is 22.3 Å². The lowest BCUT2D eigenvalue weighted by molar-refractivity contribution is 0.570. The average molecular weight is 369 g/mol. The molecule has 3 rings (SSSR count). The Hall–Kier alpha value is -2.44. The summed E-state index contributed by atoms with van der Waals surface area (Å²) in [6.07, 6.45) is 4.39. The van der Waals surface area contributed by atoms with E-state index in [2.05, 4.69) is 9.71 Å². The van der Waals surface area contributed by atoms with Gasteiger partial charge in [0, 0.05) is 31.0 Å². The molecule has 1 aromatic heterocycles. The lowest BCUT2D eigenvalue weighted by atomic mass is 10.2. The molecule has 0 unspecified atom stereocenters. The van der Waals surface area contributed by atoms with Crippen LogP contribution in [0.1, 0.15) is 17.5 Å². The fourth-order valence-corrected chi connectivity index (χ4v) is 4.06. The van der Waals surface area contributed by atoms with E-state index in [0.717, 1.165) is 22.5 Å². The number of aromatic nitrogens is 2. The van der Waals surface area contributed by atoms with Gasteiger partial charge in [-0.05, 0) is 18.9 Å². The summed E-state index contributed by atoms with van der Waals surface area (Å²) < 4.78 is 29.2. The zero-order valence-corrected chi connectivity index (χ0v) is 15.6. The maximum atomic E-state index is 12.2. The first-order chi connectivity index (χ1) is 12.5. The predicted octanol–water partition coefficient (Wildman–Crippen LogP) is 3.37. The van der Waals surface area contributed by atoms with Crippen LogP contribution in [-0.4, -0.2) is 24.5 Å². The zero-order chi connectivity index (χ0) is 18.4. The van der Waals surface area contributed by atoms with Crippen LogP contribution >= 0.6 is 0 Å². The molecule has 1 N–H and O–H groups in total. The van der Waals surface area contributed by atoms with Crippen LogP contribution in [0.4, 0.5) is 0 Å². The van der Waals surface area contributed by atoms with Crippen molar-refractivity contribution in [3.8, 4) is 11.4 Å². The summed E-state index contributed by atoms with van der Waals surface area (Å²) >= 11 is 0. The van der Waals surface area contributed by atoms with E-state index in [1.807, 2.05) is 72.3 Å². The molecule has 0 radical (unpaired) electrons. The van der Waals surface area contributed by atoms with Gasteiger partial charge in [0.05, 0.1) is 5.75 Å². The summed E-state index contributed by atoms with van der Waals surface area (Å²) in [5.74, 6) is 0.905.